The van der Waals surface area contributed by atoms with Gasteiger partial charge >= 0.3 is 0 Å². The maximum absolute atomic E-state index is 10.1. The van der Waals surface area contributed by atoms with E-state index in [2.05, 4.69) is 42.3 Å². The Hall–Kier alpha value is -2.00. The topological polar surface area (TPSA) is 43.7 Å². The third-order valence-corrected chi connectivity index (χ3v) is 6.07. The Balaban J connectivity index is 1.89. The van der Waals surface area contributed by atoms with Gasteiger partial charge in [0.2, 0.25) is 0 Å². The second kappa shape index (κ2) is 5.82. The maximum Gasteiger partial charge on any atom is 0.157 e. The first kappa shape index (κ1) is 15.5. The zero-order valence-electron chi connectivity index (χ0n) is 14.2. The number of phenolic OH excluding ortho intramolecular Hbond substituents is 2. The molecule has 1 heterocycles. The van der Waals surface area contributed by atoms with Gasteiger partial charge < -0.3 is 10.2 Å². The number of likely N-dealkylation sites (N-methyl/N-ethyl adjacent to an activating group) is 1. The normalized spacial score (nSPS) is 23.1. The van der Waals surface area contributed by atoms with Crippen LogP contribution < -0.4 is 0 Å². The fraction of sp³-hybridized carbons (Fsp3) is 0.429. The molecular formula is C21H25NO2. The summed E-state index contributed by atoms with van der Waals surface area (Å²) in [7, 11) is 2.19. The van der Waals surface area contributed by atoms with Gasteiger partial charge in [-0.25, -0.2) is 0 Å². The van der Waals surface area contributed by atoms with Crippen LogP contribution in [0.3, 0.4) is 0 Å². The minimum absolute atomic E-state index is 0.00256. The van der Waals surface area contributed by atoms with Crippen molar-refractivity contribution >= 4 is 0 Å². The highest BCUT2D eigenvalue weighted by Crippen LogP contribution is 2.54. The van der Waals surface area contributed by atoms with Crippen molar-refractivity contribution in [2.45, 2.75) is 43.6 Å². The second-order valence-electron chi connectivity index (χ2n) is 7.40. The maximum atomic E-state index is 10.1. The molecule has 0 amide bonds. The highest BCUT2D eigenvalue weighted by atomic mass is 16.3. The Morgan fingerprint density at radius 2 is 1.67 bits per heavy atom. The van der Waals surface area contributed by atoms with Crippen LogP contribution in [0, 0.1) is 0 Å². The van der Waals surface area contributed by atoms with Crippen molar-refractivity contribution in [1.29, 1.82) is 0 Å². The third kappa shape index (κ3) is 2.30. The minimum Gasteiger partial charge on any atom is -0.504 e. The van der Waals surface area contributed by atoms with Gasteiger partial charge in [0.05, 0.1) is 0 Å². The molecule has 3 heteroatoms. The molecule has 0 saturated heterocycles. The van der Waals surface area contributed by atoms with Crippen LogP contribution in [0.2, 0.25) is 0 Å². The molecular weight excluding hydrogens is 298 g/mol. The lowest BCUT2D eigenvalue weighted by Crippen LogP contribution is -2.44. The molecule has 126 valence electrons. The van der Waals surface area contributed by atoms with Crippen molar-refractivity contribution in [3.05, 3.63) is 59.2 Å². The van der Waals surface area contributed by atoms with Crippen molar-refractivity contribution in [3.63, 3.8) is 0 Å². The highest BCUT2D eigenvalue weighted by Gasteiger charge is 2.47. The average Bonchev–Trinajstić information content (AvgIpc) is 3.08. The quantitative estimate of drug-likeness (QED) is 0.816. The number of benzene rings is 2. The van der Waals surface area contributed by atoms with E-state index >= 15 is 0 Å². The predicted molar refractivity (Wildman–Crippen MR) is 95.4 cm³/mol. The number of hydrogen-bond donors (Lipinski definition) is 2. The van der Waals surface area contributed by atoms with Crippen LogP contribution in [-0.2, 0) is 11.8 Å². The van der Waals surface area contributed by atoms with Crippen molar-refractivity contribution in [2.75, 3.05) is 13.6 Å². The summed E-state index contributed by atoms with van der Waals surface area (Å²) in [5, 5.41) is 20.0. The van der Waals surface area contributed by atoms with Crippen LogP contribution in [0.1, 0.15) is 48.4 Å². The molecule has 3 nitrogen and oxygen atoms in total. The molecule has 2 aromatic carbocycles. The second-order valence-corrected chi connectivity index (χ2v) is 7.40. The molecule has 0 aromatic heterocycles. The van der Waals surface area contributed by atoms with Crippen LogP contribution in [0.15, 0.2) is 42.5 Å². The van der Waals surface area contributed by atoms with Crippen LogP contribution in [0.5, 0.6) is 11.5 Å². The van der Waals surface area contributed by atoms with Gasteiger partial charge in [-0.05, 0) is 55.1 Å². The molecule has 1 fully saturated rings. The first-order chi connectivity index (χ1) is 11.6. The van der Waals surface area contributed by atoms with Gasteiger partial charge in [0.1, 0.15) is 0 Å². The lowest BCUT2D eigenvalue weighted by Gasteiger charge is -2.47. The third-order valence-electron chi connectivity index (χ3n) is 6.07. The van der Waals surface area contributed by atoms with E-state index in [9.17, 15) is 10.2 Å². The van der Waals surface area contributed by atoms with Crippen molar-refractivity contribution in [1.82, 2.24) is 4.90 Å². The molecule has 1 aliphatic carbocycles. The summed E-state index contributed by atoms with van der Waals surface area (Å²) in [6, 6.07) is 14.7. The minimum atomic E-state index is -0.00439. The zero-order valence-corrected chi connectivity index (χ0v) is 14.2. The van der Waals surface area contributed by atoms with Crippen LogP contribution in [0.25, 0.3) is 0 Å². The summed E-state index contributed by atoms with van der Waals surface area (Å²) in [5.74, 6) is -0.00695. The van der Waals surface area contributed by atoms with Gasteiger partial charge in [0, 0.05) is 18.0 Å². The molecule has 1 saturated carbocycles. The molecule has 1 atom stereocenters. The number of nitrogens with zero attached hydrogens (tertiary/aromatic N) is 1. The van der Waals surface area contributed by atoms with Gasteiger partial charge in [0.15, 0.2) is 11.5 Å². The summed E-state index contributed by atoms with van der Waals surface area (Å²) in [6.07, 6.45) is 5.76. The smallest absolute Gasteiger partial charge is 0.157 e. The van der Waals surface area contributed by atoms with E-state index in [0.717, 1.165) is 13.0 Å². The first-order valence-electron chi connectivity index (χ1n) is 8.92. The molecule has 2 aliphatic rings. The number of phenols is 2. The Morgan fingerprint density at radius 3 is 2.38 bits per heavy atom. The lowest BCUT2D eigenvalue weighted by atomic mass is 9.68. The molecule has 0 spiro atoms. The van der Waals surface area contributed by atoms with E-state index in [1.165, 1.54) is 42.4 Å². The van der Waals surface area contributed by atoms with Crippen LogP contribution >= 0.6 is 0 Å². The standard InChI is InChI=1S/C21H25NO2/c1-22-12-9-15-13-18(23)19(24)14-17(15)20(22)21(10-5-6-11-21)16-7-3-2-4-8-16/h2-4,7-8,13-14,20,23-24H,5-6,9-12H2,1H3. The van der Waals surface area contributed by atoms with Gasteiger partial charge in [-0.2, -0.15) is 0 Å². The molecule has 1 aliphatic heterocycles. The Kier molecular flexibility index (Phi) is 3.76. The zero-order chi connectivity index (χ0) is 16.7. The monoisotopic (exact) mass is 323 g/mol. The SMILES string of the molecule is CN1CCc2cc(O)c(O)cc2C1C1(c2ccccc2)CCCC1. The number of hydrogen-bond acceptors (Lipinski definition) is 3. The fourth-order valence-electron chi connectivity index (χ4n) is 4.99. The molecule has 4 rings (SSSR count). The molecule has 0 radical (unpaired) electrons. The van der Waals surface area contributed by atoms with E-state index in [0.29, 0.717) is 0 Å². The number of rotatable bonds is 2. The molecule has 24 heavy (non-hydrogen) atoms. The first-order valence-corrected chi connectivity index (χ1v) is 8.92. The van der Waals surface area contributed by atoms with Gasteiger partial charge in [0.25, 0.3) is 0 Å². The summed E-state index contributed by atoms with van der Waals surface area (Å²) in [4.78, 5) is 2.44. The molecule has 2 N–H and O–H groups in total. The van der Waals surface area contributed by atoms with E-state index in [-0.39, 0.29) is 23.0 Å². The van der Waals surface area contributed by atoms with Gasteiger partial charge in [-0.3, -0.25) is 4.90 Å². The summed E-state index contributed by atoms with van der Waals surface area (Å²) < 4.78 is 0. The molecule has 0 bridgehead atoms. The predicted octanol–water partition coefficient (Wildman–Crippen LogP) is 4.14. The Labute approximate surface area is 143 Å². The van der Waals surface area contributed by atoms with Crippen LogP contribution in [-0.4, -0.2) is 28.7 Å². The summed E-state index contributed by atoms with van der Waals surface area (Å²) in [5.41, 5.74) is 3.86. The summed E-state index contributed by atoms with van der Waals surface area (Å²) >= 11 is 0. The number of aromatic hydroxyl groups is 2. The van der Waals surface area contributed by atoms with E-state index < -0.39 is 0 Å². The number of fused-ring (bicyclic) bond motifs is 1. The van der Waals surface area contributed by atoms with E-state index in [1.54, 1.807) is 12.1 Å². The largest absolute Gasteiger partial charge is 0.504 e. The average molecular weight is 323 g/mol. The summed E-state index contributed by atoms with van der Waals surface area (Å²) in [6.45, 7) is 0.983. The Bertz CT molecular complexity index is 735. The highest BCUT2D eigenvalue weighted by molar-refractivity contribution is 5.50. The van der Waals surface area contributed by atoms with Crippen LogP contribution in [0.4, 0.5) is 0 Å². The van der Waals surface area contributed by atoms with Crippen molar-refractivity contribution in [3.8, 4) is 11.5 Å². The molecule has 1 unspecified atom stereocenters. The van der Waals surface area contributed by atoms with Crippen molar-refractivity contribution in [2.24, 2.45) is 0 Å². The van der Waals surface area contributed by atoms with Crippen molar-refractivity contribution < 1.29 is 10.2 Å². The van der Waals surface area contributed by atoms with E-state index in [4.69, 9.17) is 0 Å². The Morgan fingerprint density at radius 1 is 1.00 bits per heavy atom. The fourth-order valence-corrected chi connectivity index (χ4v) is 4.99. The van der Waals surface area contributed by atoms with Gasteiger partial charge in [-0.1, -0.05) is 43.2 Å². The lowest BCUT2D eigenvalue weighted by molar-refractivity contribution is 0.135. The van der Waals surface area contributed by atoms with Gasteiger partial charge in [-0.15, -0.1) is 0 Å². The van der Waals surface area contributed by atoms with E-state index in [1.807, 2.05) is 0 Å². The molecule has 2 aromatic rings.